The lowest BCUT2D eigenvalue weighted by Gasteiger charge is -2.61. The van der Waals surface area contributed by atoms with Crippen LogP contribution in [0.5, 0.6) is 0 Å². The molecule has 0 saturated heterocycles. The van der Waals surface area contributed by atoms with E-state index in [1.807, 2.05) is 54.6 Å². The Hall–Kier alpha value is -6.70. The average Bonchev–Trinajstić information content (AvgIpc) is 3.59. The van der Waals surface area contributed by atoms with Crippen LogP contribution in [-0.2, 0) is 5.41 Å². The van der Waals surface area contributed by atoms with E-state index in [1.165, 1.54) is 65.1 Å². The number of aromatic nitrogens is 3. The zero-order chi connectivity index (χ0) is 38.4. The van der Waals surface area contributed by atoms with Crippen LogP contribution in [-0.4, -0.2) is 15.0 Å². The van der Waals surface area contributed by atoms with Gasteiger partial charge in [-0.05, 0) is 129 Å². The van der Waals surface area contributed by atoms with Crippen molar-refractivity contribution in [3.05, 3.63) is 174 Å². The van der Waals surface area contributed by atoms with Crippen molar-refractivity contribution in [1.82, 2.24) is 15.0 Å². The summed E-state index contributed by atoms with van der Waals surface area (Å²) in [6.45, 7) is 0. The SMILES string of the molecule is N#Cc1cccc(-c2nc(-c3ccccc3)nc(-c3ccccc3-c3ccc(-c4cc5c(c6ccccc46)C4(c6ccccc6-5)C5CC6CC(C5)CC4C6)cc3)n2)c1. The maximum absolute atomic E-state index is 9.65. The molecule has 5 aliphatic rings. The largest absolute Gasteiger partial charge is 0.208 e. The maximum atomic E-state index is 9.65. The smallest absolute Gasteiger partial charge is 0.164 e. The summed E-state index contributed by atoms with van der Waals surface area (Å²) in [5.74, 6) is 5.00. The minimum Gasteiger partial charge on any atom is -0.208 e. The first-order valence-corrected chi connectivity index (χ1v) is 20.8. The Kier molecular flexibility index (Phi) is 7.45. The molecule has 1 spiro atoms. The van der Waals surface area contributed by atoms with Crippen LogP contribution in [0.25, 0.3) is 78.3 Å². The first kappa shape index (κ1) is 33.4. The number of nitriles is 1. The third-order valence-corrected chi connectivity index (χ3v) is 14.1. The van der Waals surface area contributed by atoms with E-state index in [0.717, 1.165) is 51.5 Å². The second kappa shape index (κ2) is 12.9. The molecule has 0 N–H and O–H groups in total. The second-order valence-electron chi connectivity index (χ2n) is 17.1. The number of rotatable bonds is 5. The number of fused-ring (bicyclic) bond motifs is 5. The summed E-state index contributed by atoms with van der Waals surface area (Å²) >= 11 is 0. The standard InChI is InChI=1S/C54H40N4/c55-32-33-11-10-14-39(26-33)52-56-51(38-12-2-1-3-13-38)57-53(58-52)46-19-7-4-15-42(46)36-21-23-37(24-22-36)47-31-48-44-17-8-9-20-49(44)54(50(48)45-18-6-5-16-43(45)47)40-27-34-25-35(29-40)30-41(54)28-34/h1-24,26,31,34-35,40-41H,25,27-30H2. The summed E-state index contributed by atoms with van der Waals surface area (Å²) in [6, 6.07) is 58.4. The number of hydrogen-bond acceptors (Lipinski definition) is 4. The van der Waals surface area contributed by atoms with Crippen LogP contribution in [0.3, 0.4) is 0 Å². The Labute approximate surface area is 338 Å². The molecular weight excluding hydrogens is 705 g/mol. The molecule has 0 radical (unpaired) electrons. The van der Waals surface area contributed by atoms with Crippen molar-refractivity contribution in [1.29, 1.82) is 5.26 Å². The summed E-state index contributed by atoms with van der Waals surface area (Å²) in [7, 11) is 0. The molecule has 58 heavy (non-hydrogen) atoms. The molecule has 7 aromatic carbocycles. The Morgan fingerprint density at radius 1 is 0.431 bits per heavy atom. The van der Waals surface area contributed by atoms with Crippen molar-refractivity contribution >= 4 is 10.8 Å². The summed E-state index contributed by atoms with van der Waals surface area (Å²) in [6.07, 6.45) is 6.99. The van der Waals surface area contributed by atoms with E-state index < -0.39 is 0 Å². The molecule has 13 rings (SSSR count). The predicted octanol–water partition coefficient (Wildman–Crippen LogP) is 13.0. The fraction of sp³-hybridized carbons (Fsp3) is 0.185. The molecule has 4 nitrogen and oxygen atoms in total. The minimum absolute atomic E-state index is 0.124. The molecule has 0 aliphatic heterocycles. The number of hydrogen-bond donors (Lipinski definition) is 0. The van der Waals surface area contributed by atoms with Crippen molar-refractivity contribution in [2.45, 2.75) is 37.5 Å². The van der Waals surface area contributed by atoms with Crippen molar-refractivity contribution < 1.29 is 0 Å². The molecule has 4 heteroatoms. The lowest BCUT2D eigenvalue weighted by molar-refractivity contribution is -0.0393. The van der Waals surface area contributed by atoms with Crippen LogP contribution < -0.4 is 0 Å². The fourth-order valence-corrected chi connectivity index (χ4v) is 12.1. The van der Waals surface area contributed by atoms with Gasteiger partial charge in [-0.2, -0.15) is 5.26 Å². The highest BCUT2D eigenvalue weighted by atomic mass is 15.0. The minimum atomic E-state index is 0.124. The van der Waals surface area contributed by atoms with Gasteiger partial charge in [0, 0.05) is 22.1 Å². The highest BCUT2D eigenvalue weighted by Gasteiger charge is 2.62. The Balaban J connectivity index is 0.981. The van der Waals surface area contributed by atoms with Gasteiger partial charge in [-0.15, -0.1) is 0 Å². The Morgan fingerprint density at radius 3 is 1.72 bits per heavy atom. The first-order valence-electron chi connectivity index (χ1n) is 20.8. The quantitative estimate of drug-likeness (QED) is 0.176. The molecule has 4 saturated carbocycles. The van der Waals surface area contributed by atoms with Gasteiger partial charge < -0.3 is 0 Å². The molecule has 4 fully saturated rings. The van der Waals surface area contributed by atoms with Crippen molar-refractivity contribution in [3.63, 3.8) is 0 Å². The van der Waals surface area contributed by atoms with Crippen LogP contribution in [0.4, 0.5) is 0 Å². The lowest BCUT2D eigenvalue weighted by atomic mass is 9.43. The zero-order valence-electron chi connectivity index (χ0n) is 32.1. The Morgan fingerprint density at radius 2 is 1.00 bits per heavy atom. The van der Waals surface area contributed by atoms with E-state index in [9.17, 15) is 5.26 Å². The first-order chi connectivity index (χ1) is 28.7. The van der Waals surface area contributed by atoms with E-state index >= 15 is 0 Å². The molecule has 0 atom stereocenters. The summed E-state index contributed by atoms with van der Waals surface area (Å²) in [4.78, 5) is 15.0. The monoisotopic (exact) mass is 744 g/mol. The van der Waals surface area contributed by atoms with Gasteiger partial charge in [0.25, 0.3) is 0 Å². The molecule has 276 valence electrons. The van der Waals surface area contributed by atoms with Gasteiger partial charge in [0.2, 0.25) is 0 Å². The third kappa shape index (κ3) is 4.96. The normalized spacial score (nSPS) is 22.2. The van der Waals surface area contributed by atoms with E-state index in [-0.39, 0.29) is 5.41 Å². The van der Waals surface area contributed by atoms with E-state index in [1.54, 1.807) is 17.2 Å². The lowest BCUT2D eigenvalue weighted by Crippen LogP contribution is -2.55. The number of benzene rings is 7. The highest BCUT2D eigenvalue weighted by molar-refractivity contribution is 6.06. The van der Waals surface area contributed by atoms with Crippen LogP contribution in [0, 0.1) is 35.0 Å². The average molecular weight is 745 g/mol. The summed E-state index contributed by atoms with van der Waals surface area (Å²) in [5.41, 5.74) is 14.1. The molecule has 1 aromatic heterocycles. The fourth-order valence-electron chi connectivity index (χ4n) is 12.1. The van der Waals surface area contributed by atoms with Gasteiger partial charge in [-0.1, -0.05) is 140 Å². The van der Waals surface area contributed by atoms with Crippen LogP contribution in [0.15, 0.2) is 158 Å². The highest BCUT2D eigenvalue weighted by Crippen LogP contribution is 2.70. The molecule has 8 aromatic rings. The Bertz CT molecular complexity index is 2950. The van der Waals surface area contributed by atoms with Gasteiger partial charge in [-0.25, -0.2) is 15.0 Å². The van der Waals surface area contributed by atoms with Gasteiger partial charge in [-0.3, -0.25) is 0 Å². The zero-order valence-corrected chi connectivity index (χ0v) is 32.1. The topological polar surface area (TPSA) is 62.5 Å². The summed E-state index contributed by atoms with van der Waals surface area (Å²) < 4.78 is 0. The second-order valence-corrected chi connectivity index (χ2v) is 17.1. The molecular formula is C54H40N4. The van der Waals surface area contributed by atoms with Crippen molar-refractivity contribution in [3.8, 4) is 73.6 Å². The van der Waals surface area contributed by atoms with Crippen LogP contribution >= 0.6 is 0 Å². The van der Waals surface area contributed by atoms with E-state index in [0.29, 0.717) is 23.0 Å². The van der Waals surface area contributed by atoms with Gasteiger partial charge in [0.1, 0.15) is 0 Å². The van der Waals surface area contributed by atoms with Gasteiger partial charge >= 0.3 is 0 Å². The van der Waals surface area contributed by atoms with Crippen molar-refractivity contribution in [2.24, 2.45) is 23.7 Å². The molecule has 1 heterocycles. The maximum Gasteiger partial charge on any atom is 0.164 e. The van der Waals surface area contributed by atoms with E-state index in [2.05, 4.69) is 103 Å². The van der Waals surface area contributed by atoms with Crippen LogP contribution in [0.2, 0.25) is 0 Å². The van der Waals surface area contributed by atoms with Crippen molar-refractivity contribution in [2.75, 3.05) is 0 Å². The van der Waals surface area contributed by atoms with Gasteiger partial charge in [0.05, 0.1) is 11.6 Å². The molecule has 5 aliphatic carbocycles. The molecule has 0 amide bonds. The molecule has 0 unspecified atom stereocenters. The van der Waals surface area contributed by atoms with Crippen LogP contribution in [0.1, 0.15) is 48.8 Å². The number of nitrogens with zero attached hydrogens (tertiary/aromatic N) is 4. The van der Waals surface area contributed by atoms with Gasteiger partial charge in [0.15, 0.2) is 17.5 Å². The van der Waals surface area contributed by atoms with E-state index in [4.69, 9.17) is 15.0 Å². The molecule has 4 bridgehead atoms. The third-order valence-electron chi connectivity index (χ3n) is 14.1. The predicted molar refractivity (Wildman–Crippen MR) is 232 cm³/mol. The summed E-state index contributed by atoms with van der Waals surface area (Å²) in [5, 5.41) is 12.4.